The van der Waals surface area contributed by atoms with Gasteiger partial charge in [-0.15, -0.1) is 0 Å². The molecule has 0 aliphatic carbocycles. The number of rotatable bonds is 6. The number of nitrogens with one attached hydrogen (secondary N) is 1. The predicted octanol–water partition coefficient (Wildman–Crippen LogP) is 2.16. The lowest BCUT2D eigenvalue weighted by Crippen LogP contribution is -2.50. The number of nitrogens with zero attached hydrogens (tertiary/aromatic N) is 1. The Balaban J connectivity index is 1.87. The standard InChI is InChI=1S/C17H25FN2O2/c1-3-16(17(21)20-8-10-22-11-9-20)19-12-13(2)14-4-6-15(18)7-5-14/h4-7,13,16,19H,3,8-12H2,1-2H3/t13-,16-/m1/s1. The first-order chi connectivity index (χ1) is 10.6. The lowest BCUT2D eigenvalue weighted by molar-refractivity contribution is -0.137. The Morgan fingerprint density at radius 2 is 1.95 bits per heavy atom. The highest BCUT2D eigenvalue weighted by Crippen LogP contribution is 2.15. The van der Waals surface area contributed by atoms with Gasteiger partial charge in [0, 0.05) is 19.6 Å². The van der Waals surface area contributed by atoms with Crippen LogP contribution in [0.5, 0.6) is 0 Å². The second-order valence-corrected chi connectivity index (χ2v) is 5.76. The zero-order valence-corrected chi connectivity index (χ0v) is 13.3. The molecule has 22 heavy (non-hydrogen) atoms. The van der Waals surface area contributed by atoms with Crippen molar-refractivity contribution in [3.63, 3.8) is 0 Å². The molecule has 0 unspecified atom stereocenters. The Morgan fingerprint density at radius 1 is 1.32 bits per heavy atom. The van der Waals surface area contributed by atoms with Crippen LogP contribution in [0.2, 0.25) is 0 Å². The molecule has 1 fully saturated rings. The molecule has 4 nitrogen and oxygen atoms in total. The molecule has 122 valence electrons. The van der Waals surface area contributed by atoms with E-state index in [-0.39, 0.29) is 23.7 Å². The second-order valence-electron chi connectivity index (χ2n) is 5.76. The van der Waals surface area contributed by atoms with Crippen molar-refractivity contribution in [3.8, 4) is 0 Å². The maximum absolute atomic E-state index is 13.0. The molecule has 1 aromatic carbocycles. The molecule has 1 N–H and O–H groups in total. The Bertz CT molecular complexity index is 472. The molecule has 1 aromatic rings. The van der Waals surface area contributed by atoms with E-state index in [4.69, 9.17) is 4.74 Å². The average Bonchev–Trinajstić information content (AvgIpc) is 2.56. The summed E-state index contributed by atoms with van der Waals surface area (Å²) in [6.07, 6.45) is 0.756. The lowest BCUT2D eigenvalue weighted by Gasteiger charge is -2.31. The summed E-state index contributed by atoms with van der Waals surface area (Å²) >= 11 is 0. The number of carbonyl (C=O) groups is 1. The maximum atomic E-state index is 13.0. The number of halogens is 1. The number of carbonyl (C=O) groups excluding carboxylic acids is 1. The Labute approximate surface area is 131 Å². The molecular formula is C17H25FN2O2. The fourth-order valence-electron chi connectivity index (χ4n) is 2.64. The van der Waals surface area contributed by atoms with E-state index in [1.165, 1.54) is 12.1 Å². The molecule has 0 radical (unpaired) electrons. The molecule has 1 heterocycles. The van der Waals surface area contributed by atoms with Crippen molar-refractivity contribution in [2.75, 3.05) is 32.8 Å². The smallest absolute Gasteiger partial charge is 0.239 e. The quantitative estimate of drug-likeness (QED) is 0.875. The van der Waals surface area contributed by atoms with E-state index < -0.39 is 0 Å². The number of benzene rings is 1. The van der Waals surface area contributed by atoms with E-state index in [1.54, 1.807) is 12.1 Å². The van der Waals surface area contributed by atoms with Crippen molar-refractivity contribution in [2.45, 2.75) is 32.2 Å². The molecule has 0 aromatic heterocycles. The van der Waals surface area contributed by atoms with Crippen molar-refractivity contribution in [3.05, 3.63) is 35.6 Å². The highest BCUT2D eigenvalue weighted by molar-refractivity contribution is 5.81. The Kier molecular flexibility index (Phi) is 6.34. The van der Waals surface area contributed by atoms with Gasteiger partial charge in [0.05, 0.1) is 19.3 Å². The molecule has 5 heteroatoms. The van der Waals surface area contributed by atoms with Crippen LogP contribution in [0.15, 0.2) is 24.3 Å². The van der Waals surface area contributed by atoms with Gasteiger partial charge in [0.1, 0.15) is 5.82 Å². The largest absolute Gasteiger partial charge is 0.378 e. The summed E-state index contributed by atoms with van der Waals surface area (Å²) in [6.45, 7) is 7.36. The number of hydrogen-bond donors (Lipinski definition) is 1. The predicted molar refractivity (Wildman–Crippen MR) is 84.3 cm³/mol. The summed E-state index contributed by atoms with van der Waals surface area (Å²) in [5, 5.41) is 3.35. The van der Waals surface area contributed by atoms with Crippen molar-refractivity contribution in [1.82, 2.24) is 10.2 Å². The van der Waals surface area contributed by atoms with Gasteiger partial charge < -0.3 is 15.0 Å². The first-order valence-corrected chi connectivity index (χ1v) is 7.97. The van der Waals surface area contributed by atoms with Gasteiger partial charge in [-0.2, -0.15) is 0 Å². The van der Waals surface area contributed by atoms with E-state index >= 15 is 0 Å². The minimum Gasteiger partial charge on any atom is -0.378 e. The fourth-order valence-corrected chi connectivity index (χ4v) is 2.64. The minimum atomic E-state index is -0.224. The third kappa shape index (κ3) is 4.52. The molecule has 1 aliphatic heterocycles. The highest BCUT2D eigenvalue weighted by Gasteiger charge is 2.24. The fraction of sp³-hybridized carbons (Fsp3) is 0.588. The van der Waals surface area contributed by atoms with Crippen LogP contribution in [0.3, 0.4) is 0 Å². The molecule has 1 amide bonds. The summed E-state index contributed by atoms with van der Waals surface area (Å²) in [5.74, 6) is 0.155. The average molecular weight is 308 g/mol. The lowest BCUT2D eigenvalue weighted by atomic mass is 10.0. The van der Waals surface area contributed by atoms with Crippen LogP contribution in [-0.4, -0.2) is 49.7 Å². The van der Waals surface area contributed by atoms with Crippen LogP contribution >= 0.6 is 0 Å². The van der Waals surface area contributed by atoms with Gasteiger partial charge in [-0.25, -0.2) is 4.39 Å². The Hall–Kier alpha value is -1.46. The molecule has 1 aliphatic rings. The zero-order chi connectivity index (χ0) is 15.9. The third-order valence-corrected chi connectivity index (χ3v) is 4.14. The molecule has 1 saturated heterocycles. The van der Waals surface area contributed by atoms with Crippen molar-refractivity contribution in [2.24, 2.45) is 0 Å². The topological polar surface area (TPSA) is 41.6 Å². The van der Waals surface area contributed by atoms with Gasteiger partial charge in [-0.3, -0.25) is 4.79 Å². The summed E-state index contributed by atoms with van der Waals surface area (Å²) in [5.41, 5.74) is 1.07. The molecular weight excluding hydrogens is 283 g/mol. The normalized spacial score (nSPS) is 18.0. The summed E-state index contributed by atoms with van der Waals surface area (Å²) in [6, 6.07) is 6.38. The van der Waals surface area contributed by atoms with E-state index in [0.717, 1.165) is 12.0 Å². The molecule has 0 bridgehead atoms. The second kappa shape index (κ2) is 8.25. The van der Waals surface area contributed by atoms with Crippen molar-refractivity contribution in [1.29, 1.82) is 0 Å². The zero-order valence-electron chi connectivity index (χ0n) is 13.3. The van der Waals surface area contributed by atoms with Crippen LogP contribution in [0.4, 0.5) is 4.39 Å². The first-order valence-electron chi connectivity index (χ1n) is 7.97. The first kappa shape index (κ1) is 16.9. The Morgan fingerprint density at radius 3 is 2.55 bits per heavy atom. The highest BCUT2D eigenvalue weighted by atomic mass is 19.1. The maximum Gasteiger partial charge on any atom is 0.239 e. The van der Waals surface area contributed by atoms with E-state index in [0.29, 0.717) is 32.8 Å². The number of amides is 1. The van der Waals surface area contributed by atoms with E-state index in [2.05, 4.69) is 12.2 Å². The van der Waals surface area contributed by atoms with E-state index in [9.17, 15) is 9.18 Å². The number of hydrogen-bond acceptors (Lipinski definition) is 3. The van der Waals surface area contributed by atoms with Gasteiger partial charge in [-0.1, -0.05) is 26.0 Å². The van der Waals surface area contributed by atoms with Gasteiger partial charge in [0.15, 0.2) is 0 Å². The summed E-state index contributed by atoms with van der Waals surface area (Å²) in [7, 11) is 0. The van der Waals surface area contributed by atoms with Crippen LogP contribution in [0, 0.1) is 5.82 Å². The molecule has 2 rings (SSSR count). The van der Waals surface area contributed by atoms with Gasteiger partial charge >= 0.3 is 0 Å². The van der Waals surface area contributed by atoms with E-state index in [1.807, 2.05) is 11.8 Å². The molecule has 2 atom stereocenters. The van der Waals surface area contributed by atoms with Gasteiger partial charge in [-0.05, 0) is 30.0 Å². The van der Waals surface area contributed by atoms with Crippen LogP contribution in [-0.2, 0) is 9.53 Å². The van der Waals surface area contributed by atoms with Crippen LogP contribution < -0.4 is 5.32 Å². The number of ether oxygens (including phenoxy) is 1. The minimum absolute atomic E-state index is 0.150. The van der Waals surface area contributed by atoms with Gasteiger partial charge in [0.2, 0.25) is 5.91 Å². The van der Waals surface area contributed by atoms with Crippen molar-refractivity contribution < 1.29 is 13.9 Å². The van der Waals surface area contributed by atoms with Crippen LogP contribution in [0.25, 0.3) is 0 Å². The summed E-state index contributed by atoms with van der Waals surface area (Å²) < 4.78 is 18.2. The van der Waals surface area contributed by atoms with Crippen molar-refractivity contribution >= 4 is 5.91 Å². The van der Waals surface area contributed by atoms with Crippen LogP contribution in [0.1, 0.15) is 31.7 Å². The third-order valence-electron chi connectivity index (χ3n) is 4.14. The summed E-state index contributed by atoms with van der Waals surface area (Å²) in [4.78, 5) is 14.3. The molecule has 0 spiro atoms. The molecule has 0 saturated carbocycles. The van der Waals surface area contributed by atoms with Gasteiger partial charge in [0.25, 0.3) is 0 Å². The number of morpholine rings is 1. The SMILES string of the molecule is CC[C@@H](NC[C@@H](C)c1ccc(F)cc1)C(=O)N1CCOCC1. The monoisotopic (exact) mass is 308 g/mol.